The third-order valence-corrected chi connectivity index (χ3v) is 8.94. The quantitative estimate of drug-likeness (QED) is 0.749. The standard InChI is InChI=1S/C23H31N3O5S/c1-24-18-10-16(31-2)8-9-17(18)20-21(24)19(11-27)26(32(3,29)30)14-23(20)12-25(13-23)22(28)15-6-4-5-7-15/h8-10,15,19,27H,4-7,11-14H2,1-3H3/t19-/m1/s1. The number of carbonyl (C=O) groups excluding carboxylic acids is 1. The molecule has 2 fully saturated rings. The number of fused-ring (bicyclic) bond motifs is 4. The van der Waals surface area contributed by atoms with Gasteiger partial charge in [0.1, 0.15) is 5.75 Å². The third-order valence-electron chi connectivity index (χ3n) is 7.71. The lowest BCUT2D eigenvalue weighted by molar-refractivity contribution is -0.144. The third kappa shape index (κ3) is 3.08. The van der Waals surface area contributed by atoms with Gasteiger partial charge in [-0.25, -0.2) is 8.42 Å². The molecule has 5 rings (SSSR count). The summed E-state index contributed by atoms with van der Waals surface area (Å²) in [6.45, 7) is 0.973. The molecule has 8 nitrogen and oxygen atoms in total. The molecule has 1 N–H and O–H groups in total. The average Bonchev–Trinajstić information content (AvgIpc) is 3.37. The minimum absolute atomic E-state index is 0.100. The van der Waals surface area contributed by atoms with Gasteiger partial charge >= 0.3 is 0 Å². The van der Waals surface area contributed by atoms with Crippen molar-refractivity contribution in [2.45, 2.75) is 37.1 Å². The van der Waals surface area contributed by atoms with Crippen LogP contribution >= 0.6 is 0 Å². The Morgan fingerprint density at radius 3 is 2.50 bits per heavy atom. The highest BCUT2D eigenvalue weighted by atomic mass is 32.2. The minimum Gasteiger partial charge on any atom is -0.497 e. The Morgan fingerprint density at radius 2 is 1.91 bits per heavy atom. The fourth-order valence-electron chi connectivity index (χ4n) is 6.19. The number of aromatic nitrogens is 1. The van der Waals surface area contributed by atoms with Crippen LogP contribution in [0.4, 0.5) is 0 Å². The molecule has 32 heavy (non-hydrogen) atoms. The predicted octanol–water partition coefficient (Wildman–Crippen LogP) is 1.77. The van der Waals surface area contributed by atoms with E-state index in [1.165, 1.54) is 10.6 Å². The van der Waals surface area contributed by atoms with Gasteiger partial charge in [-0.3, -0.25) is 4.79 Å². The van der Waals surface area contributed by atoms with Crippen LogP contribution in [0.1, 0.15) is 43.0 Å². The number of amides is 1. The van der Waals surface area contributed by atoms with Gasteiger partial charge in [0.2, 0.25) is 15.9 Å². The highest BCUT2D eigenvalue weighted by Gasteiger charge is 2.56. The average molecular weight is 462 g/mol. The van der Waals surface area contributed by atoms with Crippen molar-refractivity contribution in [3.63, 3.8) is 0 Å². The van der Waals surface area contributed by atoms with Gasteiger partial charge in [-0.1, -0.05) is 12.8 Å². The number of ether oxygens (including phenoxy) is 1. The van der Waals surface area contributed by atoms with E-state index >= 15 is 0 Å². The monoisotopic (exact) mass is 461 g/mol. The van der Waals surface area contributed by atoms with Crippen molar-refractivity contribution in [3.05, 3.63) is 29.5 Å². The zero-order chi connectivity index (χ0) is 22.8. The van der Waals surface area contributed by atoms with Crippen molar-refractivity contribution in [3.8, 4) is 5.75 Å². The molecular formula is C23H31N3O5S. The van der Waals surface area contributed by atoms with Gasteiger partial charge in [-0.05, 0) is 30.5 Å². The Balaban J connectivity index is 1.64. The Kier molecular flexibility index (Phi) is 5.07. The molecule has 9 heteroatoms. The first-order chi connectivity index (χ1) is 15.2. The molecule has 1 aromatic heterocycles. The molecule has 1 spiro atoms. The van der Waals surface area contributed by atoms with Gasteiger partial charge in [0.25, 0.3) is 0 Å². The first-order valence-electron chi connectivity index (χ1n) is 11.2. The van der Waals surface area contributed by atoms with E-state index in [1.807, 2.05) is 34.7 Å². The van der Waals surface area contributed by atoms with E-state index in [1.54, 1.807) is 7.11 Å². The van der Waals surface area contributed by atoms with Crippen LogP contribution < -0.4 is 4.74 Å². The summed E-state index contributed by atoms with van der Waals surface area (Å²) in [5.41, 5.74) is 2.32. The topological polar surface area (TPSA) is 92.1 Å². The molecule has 1 aromatic carbocycles. The number of aliphatic hydroxyl groups excluding tert-OH is 1. The van der Waals surface area contributed by atoms with Crippen molar-refractivity contribution >= 4 is 26.8 Å². The molecule has 2 aromatic rings. The van der Waals surface area contributed by atoms with E-state index in [4.69, 9.17) is 4.74 Å². The lowest BCUT2D eigenvalue weighted by Crippen LogP contribution is -2.68. The molecular weight excluding hydrogens is 430 g/mol. The van der Waals surface area contributed by atoms with E-state index < -0.39 is 21.5 Å². The maximum Gasteiger partial charge on any atom is 0.225 e. The zero-order valence-electron chi connectivity index (χ0n) is 18.9. The van der Waals surface area contributed by atoms with Crippen molar-refractivity contribution in [2.24, 2.45) is 13.0 Å². The number of hydrogen-bond acceptors (Lipinski definition) is 5. The molecule has 3 heterocycles. The fraction of sp³-hybridized carbons (Fsp3) is 0.609. The highest BCUT2D eigenvalue weighted by molar-refractivity contribution is 7.88. The van der Waals surface area contributed by atoms with Crippen molar-refractivity contribution in [2.75, 3.05) is 39.6 Å². The van der Waals surface area contributed by atoms with Crippen LogP contribution in [-0.4, -0.2) is 72.8 Å². The van der Waals surface area contributed by atoms with E-state index in [9.17, 15) is 18.3 Å². The van der Waals surface area contributed by atoms with E-state index in [0.717, 1.165) is 53.6 Å². The van der Waals surface area contributed by atoms with E-state index in [2.05, 4.69) is 0 Å². The minimum atomic E-state index is -3.57. The van der Waals surface area contributed by atoms with Gasteiger partial charge in [0.05, 0.1) is 31.5 Å². The number of likely N-dealkylation sites (tertiary alicyclic amines) is 1. The summed E-state index contributed by atoms with van der Waals surface area (Å²) in [7, 11) is -0.0431. The van der Waals surface area contributed by atoms with Gasteiger partial charge in [-0.2, -0.15) is 4.31 Å². The zero-order valence-corrected chi connectivity index (χ0v) is 19.7. The maximum atomic E-state index is 13.0. The van der Waals surface area contributed by atoms with Gasteiger partial charge < -0.3 is 19.3 Å². The summed E-state index contributed by atoms with van der Waals surface area (Å²) in [6, 6.07) is 5.21. The fourth-order valence-corrected chi connectivity index (χ4v) is 7.30. The van der Waals surface area contributed by atoms with Crippen LogP contribution in [0.2, 0.25) is 0 Å². The smallest absolute Gasteiger partial charge is 0.225 e. The molecule has 3 aliphatic rings. The second-order valence-corrected chi connectivity index (χ2v) is 11.6. The second-order valence-electron chi connectivity index (χ2n) is 9.66. The molecule has 2 aliphatic heterocycles. The molecule has 1 saturated carbocycles. The highest BCUT2D eigenvalue weighted by Crippen LogP contribution is 2.50. The Bertz CT molecular complexity index is 1180. The summed E-state index contributed by atoms with van der Waals surface area (Å²) < 4.78 is 34.3. The molecule has 1 saturated heterocycles. The summed E-state index contributed by atoms with van der Waals surface area (Å²) in [4.78, 5) is 15.0. The van der Waals surface area contributed by atoms with Crippen LogP contribution in [0, 0.1) is 5.92 Å². The van der Waals surface area contributed by atoms with Crippen molar-refractivity contribution < 1.29 is 23.1 Å². The number of aliphatic hydroxyl groups is 1. The first-order valence-corrected chi connectivity index (χ1v) is 13.1. The largest absolute Gasteiger partial charge is 0.497 e. The number of carbonyl (C=O) groups is 1. The Hall–Kier alpha value is -2.10. The van der Waals surface area contributed by atoms with Crippen molar-refractivity contribution in [1.82, 2.24) is 13.8 Å². The van der Waals surface area contributed by atoms with Gasteiger partial charge in [0.15, 0.2) is 0 Å². The van der Waals surface area contributed by atoms with E-state index in [-0.39, 0.29) is 25.0 Å². The number of aryl methyl sites for hydroxylation is 1. The second kappa shape index (κ2) is 7.46. The summed E-state index contributed by atoms with van der Waals surface area (Å²) in [5.74, 6) is 1.02. The molecule has 0 unspecified atom stereocenters. The van der Waals surface area contributed by atoms with Crippen molar-refractivity contribution in [1.29, 1.82) is 0 Å². The molecule has 0 bridgehead atoms. The normalized spacial score (nSPS) is 23.5. The number of methoxy groups -OCH3 is 1. The molecule has 0 radical (unpaired) electrons. The predicted molar refractivity (Wildman–Crippen MR) is 121 cm³/mol. The summed E-state index contributed by atoms with van der Waals surface area (Å²) in [6.07, 6.45) is 5.29. The van der Waals surface area contributed by atoms with Crippen LogP contribution in [-0.2, 0) is 27.3 Å². The lowest BCUT2D eigenvalue weighted by atomic mass is 9.69. The van der Waals surface area contributed by atoms with Crippen LogP contribution in [0.25, 0.3) is 10.9 Å². The summed E-state index contributed by atoms with van der Waals surface area (Å²) in [5, 5.41) is 11.3. The summed E-state index contributed by atoms with van der Waals surface area (Å²) >= 11 is 0. The number of hydrogen-bond donors (Lipinski definition) is 1. The number of sulfonamides is 1. The van der Waals surface area contributed by atoms with E-state index in [0.29, 0.717) is 13.1 Å². The number of nitrogens with zero attached hydrogens (tertiary/aromatic N) is 3. The molecule has 1 aliphatic carbocycles. The SMILES string of the molecule is COc1ccc2c3c(n(C)c2c1)[C@@H](CO)N(S(C)(=O)=O)CC31CN(C(=O)C2CCCC2)C1. The number of benzene rings is 1. The first kappa shape index (κ1) is 21.7. The number of rotatable bonds is 4. The molecule has 174 valence electrons. The van der Waals surface area contributed by atoms with Crippen LogP contribution in [0.5, 0.6) is 5.75 Å². The lowest BCUT2D eigenvalue weighted by Gasteiger charge is -2.56. The molecule has 1 atom stereocenters. The Labute approximate surface area is 188 Å². The maximum absolute atomic E-state index is 13.0. The van der Waals surface area contributed by atoms with Crippen LogP contribution in [0.15, 0.2) is 18.2 Å². The van der Waals surface area contributed by atoms with Crippen LogP contribution in [0.3, 0.4) is 0 Å². The molecule has 1 amide bonds. The van der Waals surface area contributed by atoms with Gasteiger partial charge in [-0.15, -0.1) is 0 Å². The Morgan fingerprint density at radius 1 is 1.22 bits per heavy atom. The van der Waals surface area contributed by atoms with Gasteiger partial charge in [0, 0.05) is 55.2 Å².